The molecule has 1 heterocycles. The van der Waals surface area contributed by atoms with Crippen molar-refractivity contribution in [2.24, 2.45) is 0 Å². The van der Waals surface area contributed by atoms with Gasteiger partial charge in [-0.1, -0.05) is 58.0 Å². The van der Waals surface area contributed by atoms with Crippen molar-refractivity contribution in [1.82, 2.24) is 4.98 Å². The molecule has 0 saturated heterocycles. The molecule has 0 bridgehead atoms. The molecule has 0 spiro atoms. The van der Waals surface area contributed by atoms with Gasteiger partial charge in [-0.2, -0.15) is 13.2 Å². The largest absolute Gasteiger partial charge is 0.420 e. The van der Waals surface area contributed by atoms with Crippen molar-refractivity contribution in [3.8, 4) is 11.3 Å². The predicted molar refractivity (Wildman–Crippen MR) is 79.7 cm³/mol. The topological polar surface area (TPSA) is 12.9 Å². The maximum atomic E-state index is 13.6. The summed E-state index contributed by atoms with van der Waals surface area (Å²) in [6, 6.07) is 0.538. The van der Waals surface area contributed by atoms with Crippen LogP contribution in [0.4, 0.5) is 17.6 Å². The minimum absolute atomic E-state index is 0.115. The van der Waals surface area contributed by atoms with Gasteiger partial charge in [0.2, 0.25) is 0 Å². The maximum Gasteiger partial charge on any atom is 0.420 e. The Balaban J connectivity index is 2.71. The third-order valence-corrected chi connectivity index (χ3v) is 4.90. The van der Waals surface area contributed by atoms with Gasteiger partial charge in [0.05, 0.1) is 30.8 Å². The van der Waals surface area contributed by atoms with Gasteiger partial charge in [-0.3, -0.25) is 4.98 Å². The van der Waals surface area contributed by atoms with E-state index in [0.717, 1.165) is 0 Å². The van der Waals surface area contributed by atoms with Crippen molar-refractivity contribution in [2.75, 3.05) is 0 Å². The van der Waals surface area contributed by atoms with E-state index in [0.29, 0.717) is 12.3 Å². The van der Waals surface area contributed by atoms with E-state index in [-0.39, 0.29) is 36.4 Å². The Labute approximate surface area is 146 Å². The minimum Gasteiger partial charge on any atom is -0.255 e. The lowest BCUT2D eigenvalue weighted by Crippen LogP contribution is -2.09. The molecular weight excluding hydrogens is 411 g/mol. The van der Waals surface area contributed by atoms with Crippen LogP contribution in [0.25, 0.3) is 11.3 Å². The van der Waals surface area contributed by atoms with Crippen LogP contribution in [0, 0.1) is 5.82 Å². The fraction of sp³-hybridized carbons (Fsp3) is 0.0833. The molecule has 118 valence electrons. The molecule has 0 radical (unpaired) electrons. The molecule has 2 aromatic rings. The van der Waals surface area contributed by atoms with E-state index in [9.17, 15) is 17.6 Å². The Morgan fingerprint density at radius 3 is 1.68 bits per heavy atom. The highest BCUT2D eigenvalue weighted by atomic mass is 35.5. The number of hydrogen-bond acceptors (Lipinski definition) is 1. The third-order valence-electron chi connectivity index (χ3n) is 2.62. The normalized spacial score (nSPS) is 11.9. The lowest BCUT2D eigenvalue weighted by molar-refractivity contribution is -0.140. The summed E-state index contributed by atoms with van der Waals surface area (Å²) >= 11 is 29.4. The highest BCUT2D eigenvalue weighted by Gasteiger charge is 2.35. The average Bonchev–Trinajstić information content (AvgIpc) is 2.42. The smallest absolute Gasteiger partial charge is 0.255 e. The van der Waals surface area contributed by atoms with Gasteiger partial charge in [-0.05, 0) is 0 Å². The van der Waals surface area contributed by atoms with Gasteiger partial charge in [-0.25, -0.2) is 4.39 Å². The van der Waals surface area contributed by atoms with E-state index in [2.05, 4.69) is 4.98 Å². The number of alkyl halides is 3. The lowest BCUT2D eigenvalue weighted by atomic mass is 10.1. The molecule has 0 unspecified atom stereocenters. The third kappa shape index (κ3) is 3.10. The molecular formula is C12H2Cl5F4N. The van der Waals surface area contributed by atoms with Crippen LogP contribution >= 0.6 is 58.0 Å². The summed E-state index contributed by atoms with van der Waals surface area (Å²) in [5, 5.41) is -0.875. The average molecular weight is 413 g/mol. The summed E-state index contributed by atoms with van der Waals surface area (Å²) in [5.74, 6) is -1.54. The summed E-state index contributed by atoms with van der Waals surface area (Å²) in [6.07, 6.45) is -4.55. The first kappa shape index (κ1) is 17.9. The first-order chi connectivity index (χ1) is 10.1. The second-order valence-electron chi connectivity index (χ2n) is 3.99. The van der Waals surface area contributed by atoms with E-state index in [1.807, 2.05) is 0 Å². The summed E-state index contributed by atoms with van der Waals surface area (Å²) in [7, 11) is 0. The minimum atomic E-state index is -4.88. The number of nitrogens with zero attached hydrogens (tertiary/aromatic N) is 1. The zero-order valence-corrected chi connectivity index (χ0v) is 13.8. The zero-order chi connectivity index (χ0) is 16.8. The van der Waals surface area contributed by atoms with Gasteiger partial charge in [-0.15, -0.1) is 0 Å². The quantitative estimate of drug-likeness (QED) is 0.274. The molecule has 1 nitrogen and oxygen atoms in total. The zero-order valence-electron chi connectivity index (χ0n) is 10.0. The molecule has 22 heavy (non-hydrogen) atoms. The van der Waals surface area contributed by atoms with Gasteiger partial charge in [0.1, 0.15) is 11.4 Å². The molecule has 0 fully saturated rings. The fourth-order valence-electron chi connectivity index (χ4n) is 1.61. The Morgan fingerprint density at radius 2 is 1.27 bits per heavy atom. The van der Waals surface area contributed by atoms with Crippen molar-refractivity contribution in [1.29, 1.82) is 0 Å². The van der Waals surface area contributed by atoms with E-state index in [1.165, 1.54) is 0 Å². The van der Waals surface area contributed by atoms with E-state index >= 15 is 0 Å². The van der Waals surface area contributed by atoms with Crippen molar-refractivity contribution in [3.63, 3.8) is 0 Å². The van der Waals surface area contributed by atoms with Crippen LogP contribution in [0.1, 0.15) is 5.56 Å². The van der Waals surface area contributed by atoms with Gasteiger partial charge in [0.15, 0.2) is 0 Å². The van der Waals surface area contributed by atoms with E-state index in [4.69, 9.17) is 58.0 Å². The Hall–Kier alpha value is -0.460. The second kappa shape index (κ2) is 6.21. The maximum absolute atomic E-state index is 13.6. The summed E-state index contributed by atoms with van der Waals surface area (Å²) in [4.78, 5) is 3.52. The SMILES string of the molecule is Fc1cc(-c2c(Cl)c(Cl)c(Cl)c(Cl)c2Cl)ncc1C(F)(F)F. The van der Waals surface area contributed by atoms with Gasteiger partial charge in [0, 0.05) is 17.8 Å². The van der Waals surface area contributed by atoms with Crippen molar-refractivity contribution >= 4 is 58.0 Å². The van der Waals surface area contributed by atoms with E-state index in [1.54, 1.807) is 0 Å². The summed E-state index contributed by atoms with van der Waals surface area (Å²) < 4.78 is 51.2. The van der Waals surface area contributed by atoms with E-state index < -0.39 is 17.6 Å². The highest BCUT2D eigenvalue weighted by molar-refractivity contribution is 6.56. The first-order valence-electron chi connectivity index (χ1n) is 5.30. The Bertz CT molecular complexity index is 731. The summed E-state index contributed by atoms with van der Waals surface area (Å²) in [5.41, 5.74) is -1.90. The van der Waals surface area contributed by atoms with Crippen LogP contribution < -0.4 is 0 Å². The van der Waals surface area contributed by atoms with Crippen molar-refractivity contribution in [3.05, 3.63) is 48.8 Å². The standard InChI is InChI=1S/C12H2Cl5F4N/c13-7-6(8(14)10(16)11(17)9(7)15)5-1-4(18)3(2-22-5)12(19,20)21/h1-2H. The molecule has 0 N–H and O–H groups in total. The molecule has 10 heteroatoms. The second-order valence-corrected chi connectivity index (χ2v) is 5.88. The number of hydrogen-bond donors (Lipinski definition) is 0. The van der Waals surface area contributed by atoms with Crippen LogP contribution in [0.5, 0.6) is 0 Å². The van der Waals surface area contributed by atoms with Gasteiger partial charge < -0.3 is 0 Å². The molecule has 0 aliphatic rings. The van der Waals surface area contributed by atoms with Gasteiger partial charge >= 0.3 is 6.18 Å². The lowest BCUT2D eigenvalue weighted by Gasteiger charge is -2.13. The van der Waals surface area contributed by atoms with Crippen molar-refractivity contribution in [2.45, 2.75) is 6.18 Å². The highest BCUT2D eigenvalue weighted by Crippen LogP contribution is 2.48. The Kier molecular flexibility index (Phi) is 5.05. The molecule has 1 aromatic carbocycles. The number of pyridine rings is 1. The number of aromatic nitrogens is 1. The van der Waals surface area contributed by atoms with Crippen LogP contribution in [0.3, 0.4) is 0 Å². The van der Waals surface area contributed by atoms with Crippen LogP contribution in [0.2, 0.25) is 25.1 Å². The summed E-state index contributed by atoms with van der Waals surface area (Å²) in [6.45, 7) is 0. The monoisotopic (exact) mass is 411 g/mol. The van der Waals surface area contributed by atoms with Crippen LogP contribution in [-0.4, -0.2) is 4.98 Å². The molecule has 0 aliphatic heterocycles. The first-order valence-corrected chi connectivity index (χ1v) is 7.19. The number of rotatable bonds is 1. The van der Waals surface area contributed by atoms with Crippen LogP contribution in [0.15, 0.2) is 12.3 Å². The predicted octanol–water partition coefficient (Wildman–Crippen LogP) is 7.17. The van der Waals surface area contributed by atoms with Crippen LogP contribution in [-0.2, 0) is 6.18 Å². The fourth-order valence-corrected chi connectivity index (χ4v) is 2.94. The number of benzene rings is 1. The van der Waals surface area contributed by atoms with Gasteiger partial charge in [0.25, 0.3) is 0 Å². The number of halogens is 9. The Morgan fingerprint density at radius 1 is 0.818 bits per heavy atom. The molecule has 1 aromatic heterocycles. The molecule has 0 atom stereocenters. The molecule has 0 aliphatic carbocycles. The van der Waals surface area contributed by atoms with Crippen molar-refractivity contribution < 1.29 is 17.6 Å². The molecule has 0 saturated carbocycles. The molecule has 2 rings (SSSR count). The molecule has 0 amide bonds.